The molecule has 1 aromatic heterocycles. The van der Waals surface area contributed by atoms with Gasteiger partial charge in [0.05, 0.1) is 11.3 Å². The largest absolute Gasteiger partial charge is 0.390 e. The SMILES string of the molecule is CC[C@@]1(O)CCC[C@@H]2CN(C(=O)CCn3nc(C)cc3C)C[C@@H]21. The highest BCUT2D eigenvalue weighted by Gasteiger charge is 2.48. The molecule has 0 unspecified atom stereocenters. The van der Waals surface area contributed by atoms with Gasteiger partial charge in [0.1, 0.15) is 0 Å². The van der Waals surface area contributed by atoms with E-state index in [1.54, 1.807) is 0 Å². The van der Waals surface area contributed by atoms with Crippen molar-refractivity contribution < 1.29 is 9.90 Å². The molecule has 1 aromatic rings. The molecule has 2 aliphatic rings. The van der Waals surface area contributed by atoms with Crippen LogP contribution in [-0.4, -0.2) is 44.4 Å². The predicted molar refractivity (Wildman–Crippen MR) is 89.0 cm³/mol. The van der Waals surface area contributed by atoms with E-state index in [1.165, 1.54) is 0 Å². The zero-order valence-corrected chi connectivity index (χ0v) is 14.6. The van der Waals surface area contributed by atoms with Crippen molar-refractivity contribution in [3.63, 3.8) is 0 Å². The molecule has 128 valence electrons. The first kappa shape index (κ1) is 16.5. The second-order valence-electron chi connectivity index (χ2n) is 7.41. The molecule has 0 radical (unpaired) electrons. The number of nitrogens with zero attached hydrogens (tertiary/aromatic N) is 3. The van der Waals surface area contributed by atoms with Gasteiger partial charge >= 0.3 is 0 Å². The molecule has 1 aliphatic carbocycles. The first-order chi connectivity index (χ1) is 10.9. The molecule has 5 nitrogen and oxygen atoms in total. The van der Waals surface area contributed by atoms with E-state index in [1.807, 2.05) is 29.5 Å². The third-order valence-corrected chi connectivity index (χ3v) is 5.92. The molecule has 0 spiro atoms. The number of aromatic nitrogens is 2. The number of carbonyl (C=O) groups excluding carboxylic acids is 1. The van der Waals surface area contributed by atoms with Crippen LogP contribution < -0.4 is 0 Å². The summed E-state index contributed by atoms with van der Waals surface area (Å²) in [6.07, 6.45) is 4.40. The van der Waals surface area contributed by atoms with Gasteiger partial charge in [0.15, 0.2) is 0 Å². The Kier molecular flexibility index (Phi) is 4.50. The maximum absolute atomic E-state index is 12.6. The monoisotopic (exact) mass is 319 g/mol. The Morgan fingerprint density at radius 2 is 2.22 bits per heavy atom. The lowest BCUT2D eigenvalue weighted by Gasteiger charge is -2.40. The molecule has 1 aliphatic heterocycles. The molecule has 1 N–H and O–H groups in total. The minimum atomic E-state index is -0.562. The van der Waals surface area contributed by atoms with E-state index in [0.29, 0.717) is 18.9 Å². The van der Waals surface area contributed by atoms with Crippen LogP contribution in [0.15, 0.2) is 6.07 Å². The summed E-state index contributed by atoms with van der Waals surface area (Å²) in [5.41, 5.74) is 1.54. The maximum Gasteiger partial charge on any atom is 0.224 e. The molecule has 0 aromatic carbocycles. The Bertz CT molecular complexity index is 583. The summed E-state index contributed by atoms with van der Waals surface area (Å²) in [7, 11) is 0. The molecule has 1 saturated heterocycles. The van der Waals surface area contributed by atoms with Crippen LogP contribution in [0.25, 0.3) is 0 Å². The summed E-state index contributed by atoms with van der Waals surface area (Å²) in [6.45, 7) is 8.25. The van der Waals surface area contributed by atoms with Crippen LogP contribution in [0.5, 0.6) is 0 Å². The van der Waals surface area contributed by atoms with Gasteiger partial charge in [0.25, 0.3) is 0 Å². The average Bonchev–Trinajstić information content (AvgIpc) is 3.09. The van der Waals surface area contributed by atoms with Crippen LogP contribution in [-0.2, 0) is 11.3 Å². The molecule has 5 heteroatoms. The topological polar surface area (TPSA) is 58.4 Å². The highest BCUT2D eigenvalue weighted by Crippen LogP contribution is 2.44. The van der Waals surface area contributed by atoms with Gasteiger partial charge in [-0.25, -0.2) is 0 Å². The zero-order valence-electron chi connectivity index (χ0n) is 14.6. The smallest absolute Gasteiger partial charge is 0.224 e. The summed E-state index contributed by atoms with van der Waals surface area (Å²) in [6, 6.07) is 2.04. The Balaban J connectivity index is 1.60. The van der Waals surface area contributed by atoms with Gasteiger partial charge in [-0.05, 0) is 45.1 Å². The third-order valence-electron chi connectivity index (χ3n) is 5.92. The van der Waals surface area contributed by atoms with Crippen molar-refractivity contribution in [1.29, 1.82) is 0 Å². The predicted octanol–water partition coefficient (Wildman–Crippen LogP) is 2.29. The highest BCUT2D eigenvalue weighted by molar-refractivity contribution is 5.76. The second kappa shape index (κ2) is 6.27. The number of aryl methyl sites for hydroxylation is 3. The Labute approximate surface area is 138 Å². The van der Waals surface area contributed by atoms with Crippen molar-refractivity contribution >= 4 is 5.91 Å². The Morgan fingerprint density at radius 1 is 1.43 bits per heavy atom. The molecular weight excluding hydrogens is 290 g/mol. The zero-order chi connectivity index (χ0) is 16.6. The third kappa shape index (κ3) is 3.16. The number of hydrogen-bond donors (Lipinski definition) is 1. The fourth-order valence-corrected chi connectivity index (χ4v) is 4.53. The van der Waals surface area contributed by atoms with E-state index >= 15 is 0 Å². The molecule has 1 amide bonds. The fourth-order valence-electron chi connectivity index (χ4n) is 4.53. The van der Waals surface area contributed by atoms with Crippen molar-refractivity contribution in [2.24, 2.45) is 11.8 Å². The lowest BCUT2D eigenvalue weighted by Crippen LogP contribution is -2.44. The lowest BCUT2D eigenvalue weighted by molar-refractivity contribution is -0.131. The average molecular weight is 319 g/mol. The van der Waals surface area contributed by atoms with E-state index in [4.69, 9.17) is 0 Å². The van der Waals surface area contributed by atoms with E-state index in [-0.39, 0.29) is 11.8 Å². The van der Waals surface area contributed by atoms with Crippen molar-refractivity contribution in [2.45, 2.75) is 65.0 Å². The van der Waals surface area contributed by atoms with Crippen molar-refractivity contribution in [3.8, 4) is 0 Å². The van der Waals surface area contributed by atoms with E-state index in [2.05, 4.69) is 12.0 Å². The fraction of sp³-hybridized carbons (Fsp3) is 0.778. The van der Waals surface area contributed by atoms with Gasteiger partial charge in [-0.1, -0.05) is 13.3 Å². The van der Waals surface area contributed by atoms with Gasteiger partial charge < -0.3 is 10.0 Å². The summed E-state index contributed by atoms with van der Waals surface area (Å²) in [4.78, 5) is 14.6. The van der Waals surface area contributed by atoms with E-state index < -0.39 is 5.60 Å². The number of carbonyl (C=O) groups is 1. The summed E-state index contributed by atoms with van der Waals surface area (Å²) >= 11 is 0. The number of aliphatic hydroxyl groups is 1. The van der Waals surface area contributed by atoms with Crippen molar-refractivity contribution in [1.82, 2.24) is 14.7 Å². The summed E-state index contributed by atoms with van der Waals surface area (Å²) in [5.74, 6) is 0.940. The molecule has 0 bridgehead atoms. The van der Waals surface area contributed by atoms with E-state index in [9.17, 15) is 9.90 Å². The van der Waals surface area contributed by atoms with Crippen molar-refractivity contribution in [2.75, 3.05) is 13.1 Å². The molecular formula is C18H29N3O2. The highest BCUT2D eigenvalue weighted by atomic mass is 16.3. The molecule has 3 atom stereocenters. The Hall–Kier alpha value is -1.36. The van der Waals surface area contributed by atoms with Crippen LogP contribution >= 0.6 is 0 Å². The normalized spacial score (nSPS) is 30.5. The van der Waals surface area contributed by atoms with Crippen LogP contribution in [0.2, 0.25) is 0 Å². The maximum atomic E-state index is 12.6. The first-order valence-electron chi connectivity index (χ1n) is 8.94. The van der Waals surface area contributed by atoms with Gasteiger partial charge in [-0.2, -0.15) is 5.10 Å². The number of fused-ring (bicyclic) bond motifs is 1. The van der Waals surface area contributed by atoms with Crippen LogP contribution in [0.3, 0.4) is 0 Å². The second-order valence-corrected chi connectivity index (χ2v) is 7.41. The number of likely N-dealkylation sites (tertiary alicyclic amines) is 1. The standard InChI is InChI=1S/C18H29N3O2/c1-4-18(23)8-5-6-15-11-20(12-16(15)18)17(22)7-9-21-14(3)10-13(2)19-21/h10,15-16,23H,4-9,11-12H2,1-3H3/t15-,16+,18-/m1/s1. The van der Waals surface area contributed by atoms with Crippen molar-refractivity contribution in [3.05, 3.63) is 17.5 Å². The number of hydrogen-bond acceptors (Lipinski definition) is 3. The lowest BCUT2D eigenvalue weighted by atomic mass is 9.69. The minimum Gasteiger partial charge on any atom is -0.390 e. The molecule has 23 heavy (non-hydrogen) atoms. The van der Waals surface area contributed by atoms with Gasteiger partial charge in [-0.15, -0.1) is 0 Å². The molecule has 3 rings (SSSR count). The first-order valence-corrected chi connectivity index (χ1v) is 8.94. The molecule has 1 saturated carbocycles. The molecule has 2 fully saturated rings. The summed E-state index contributed by atoms with van der Waals surface area (Å²) in [5, 5.41) is 15.3. The quantitative estimate of drug-likeness (QED) is 0.926. The van der Waals surface area contributed by atoms with Gasteiger partial charge in [-0.3, -0.25) is 9.48 Å². The number of amides is 1. The van der Waals surface area contributed by atoms with E-state index in [0.717, 1.165) is 50.2 Å². The van der Waals surface area contributed by atoms with Crippen LogP contribution in [0, 0.1) is 25.7 Å². The van der Waals surface area contributed by atoms with Crippen LogP contribution in [0.1, 0.15) is 50.4 Å². The number of rotatable bonds is 4. The van der Waals surface area contributed by atoms with Crippen LogP contribution in [0.4, 0.5) is 0 Å². The minimum absolute atomic E-state index is 0.199. The van der Waals surface area contributed by atoms with Gasteiger partial charge in [0.2, 0.25) is 5.91 Å². The van der Waals surface area contributed by atoms with Gasteiger partial charge in [0, 0.05) is 37.7 Å². The summed E-state index contributed by atoms with van der Waals surface area (Å²) < 4.78 is 1.92. The Morgan fingerprint density at radius 3 is 2.87 bits per heavy atom. The molecule has 2 heterocycles.